The number of carboxylic acids is 1. The van der Waals surface area contributed by atoms with E-state index >= 15 is 0 Å². The molecule has 1 N–H and O–H groups in total. The minimum Gasteiger partial charge on any atom is -0.545 e. The number of hydrogen-bond acceptors (Lipinski definition) is 4. The number of rotatable bonds is 3. The summed E-state index contributed by atoms with van der Waals surface area (Å²) in [6.07, 6.45) is 5.70. The fourth-order valence-electron chi connectivity index (χ4n) is 3.75. The average Bonchev–Trinajstić information content (AvgIpc) is 3.41. The van der Waals surface area contributed by atoms with Crippen molar-refractivity contribution in [1.82, 2.24) is 9.72 Å². The van der Waals surface area contributed by atoms with Crippen LogP contribution in [-0.4, -0.2) is 23.5 Å². The standard InChI is InChI=1S/C19H19FN2O3.K/c1-10-16(12-4-6-21-7-5-12)15(20)9-22-17(10)13(11-2-3-11)8-14(18(22)23)19(24)25;/h4,8-9,11,21H,2-3,5-7H2,1H3,(H,24,25);/q;+1/p-1. The van der Waals surface area contributed by atoms with Crippen molar-refractivity contribution in [3.05, 3.63) is 56.8 Å². The minimum absolute atomic E-state index is 0. The Balaban J connectivity index is 0.00000196. The number of hydrogen-bond donors (Lipinski definition) is 1. The van der Waals surface area contributed by atoms with Crippen LogP contribution in [-0.2, 0) is 0 Å². The van der Waals surface area contributed by atoms with Crippen LogP contribution in [0.25, 0.3) is 11.1 Å². The number of fused-ring (bicyclic) bond motifs is 1. The Morgan fingerprint density at radius 1 is 1.38 bits per heavy atom. The van der Waals surface area contributed by atoms with E-state index in [1.54, 1.807) is 6.92 Å². The second kappa shape index (κ2) is 7.65. The second-order valence-electron chi connectivity index (χ2n) is 6.76. The van der Waals surface area contributed by atoms with Gasteiger partial charge in [0.1, 0.15) is 5.82 Å². The van der Waals surface area contributed by atoms with E-state index in [-0.39, 0.29) is 57.3 Å². The molecule has 4 rings (SSSR count). The van der Waals surface area contributed by atoms with Crippen LogP contribution >= 0.6 is 0 Å². The van der Waals surface area contributed by atoms with Gasteiger partial charge in [0.05, 0.1) is 17.0 Å². The molecule has 0 bridgehead atoms. The predicted octanol–water partition coefficient (Wildman–Crippen LogP) is -1.63. The molecule has 1 fully saturated rings. The summed E-state index contributed by atoms with van der Waals surface area (Å²) in [6.45, 7) is 3.27. The summed E-state index contributed by atoms with van der Waals surface area (Å²) in [5.41, 5.74) is 2.43. The van der Waals surface area contributed by atoms with Gasteiger partial charge in [-0.1, -0.05) is 6.08 Å². The Morgan fingerprint density at radius 3 is 2.69 bits per heavy atom. The Hall–Kier alpha value is -0.834. The SMILES string of the molecule is Cc1c(C2=CCNCC2)c(F)cn2c(=O)c(C(=O)[O-])cc(C3CC3)c12.[K+]. The van der Waals surface area contributed by atoms with Crippen molar-refractivity contribution in [2.75, 3.05) is 13.1 Å². The zero-order valence-electron chi connectivity index (χ0n) is 14.9. The van der Waals surface area contributed by atoms with E-state index in [2.05, 4.69) is 5.32 Å². The summed E-state index contributed by atoms with van der Waals surface area (Å²) in [7, 11) is 0. The third-order valence-electron chi connectivity index (χ3n) is 5.10. The molecular weight excluding hydrogens is 362 g/mol. The van der Waals surface area contributed by atoms with Crippen LogP contribution in [0, 0.1) is 12.7 Å². The monoisotopic (exact) mass is 380 g/mol. The number of carbonyl (C=O) groups is 1. The third-order valence-corrected chi connectivity index (χ3v) is 5.10. The molecule has 2 aromatic rings. The number of aromatic carboxylic acids is 1. The molecule has 0 aromatic carbocycles. The largest absolute Gasteiger partial charge is 1.00 e. The summed E-state index contributed by atoms with van der Waals surface area (Å²) in [5.74, 6) is -1.81. The van der Waals surface area contributed by atoms with Crippen LogP contribution < -0.4 is 67.4 Å². The molecule has 1 aliphatic carbocycles. The fourth-order valence-corrected chi connectivity index (χ4v) is 3.75. The first-order chi connectivity index (χ1) is 12.0. The molecule has 0 radical (unpaired) electrons. The molecule has 0 spiro atoms. The van der Waals surface area contributed by atoms with Gasteiger partial charge in [-0.05, 0) is 61.4 Å². The summed E-state index contributed by atoms with van der Waals surface area (Å²) in [4.78, 5) is 23.8. The number of nitrogens with zero attached hydrogens (tertiary/aromatic N) is 1. The number of carbonyl (C=O) groups excluding carboxylic acids is 1. The van der Waals surface area contributed by atoms with Gasteiger partial charge in [0.2, 0.25) is 0 Å². The Kier molecular flexibility index (Phi) is 5.86. The van der Waals surface area contributed by atoms with Crippen molar-refractivity contribution in [3.63, 3.8) is 0 Å². The van der Waals surface area contributed by atoms with E-state index in [0.29, 0.717) is 29.6 Å². The Bertz CT molecular complexity index is 993. The quantitative estimate of drug-likeness (QED) is 0.649. The summed E-state index contributed by atoms with van der Waals surface area (Å²) in [5, 5.41) is 14.5. The van der Waals surface area contributed by atoms with Gasteiger partial charge >= 0.3 is 51.4 Å². The van der Waals surface area contributed by atoms with Gasteiger partial charge in [-0.3, -0.25) is 9.20 Å². The molecule has 130 valence electrons. The van der Waals surface area contributed by atoms with Crippen molar-refractivity contribution in [1.29, 1.82) is 0 Å². The van der Waals surface area contributed by atoms with Crippen molar-refractivity contribution in [3.8, 4) is 0 Å². The first-order valence-electron chi connectivity index (χ1n) is 8.49. The molecule has 1 saturated carbocycles. The van der Waals surface area contributed by atoms with Gasteiger partial charge in [-0.15, -0.1) is 0 Å². The molecule has 2 aliphatic rings. The number of halogens is 1. The first-order valence-corrected chi connectivity index (χ1v) is 8.49. The number of aryl methyl sites for hydroxylation is 1. The van der Waals surface area contributed by atoms with Gasteiger partial charge in [0, 0.05) is 18.3 Å². The van der Waals surface area contributed by atoms with E-state index in [1.165, 1.54) is 6.07 Å². The maximum absolute atomic E-state index is 14.8. The zero-order valence-corrected chi connectivity index (χ0v) is 18.0. The molecule has 0 unspecified atom stereocenters. The smallest absolute Gasteiger partial charge is 0.545 e. The first kappa shape index (κ1) is 19.9. The fraction of sp³-hybridized carbons (Fsp3) is 0.368. The maximum atomic E-state index is 14.8. The van der Waals surface area contributed by atoms with Crippen molar-refractivity contribution < 1.29 is 65.7 Å². The van der Waals surface area contributed by atoms with Crippen LogP contribution in [0.1, 0.15) is 52.2 Å². The molecule has 26 heavy (non-hydrogen) atoms. The number of pyridine rings is 2. The normalized spacial score (nSPS) is 16.9. The number of nitrogens with one attached hydrogen (secondary N) is 1. The van der Waals surface area contributed by atoms with Gasteiger partial charge < -0.3 is 15.2 Å². The molecule has 7 heteroatoms. The van der Waals surface area contributed by atoms with E-state index < -0.39 is 22.9 Å². The van der Waals surface area contributed by atoms with Gasteiger partial charge in [-0.2, -0.15) is 0 Å². The number of carboxylic acid groups (broad SMARTS) is 1. The Labute approximate surface area is 192 Å². The molecular formula is C19H18FKN2O3. The molecule has 0 amide bonds. The van der Waals surface area contributed by atoms with E-state index in [9.17, 15) is 19.1 Å². The molecule has 0 atom stereocenters. The zero-order chi connectivity index (χ0) is 17.7. The Morgan fingerprint density at radius 2 is 2.12 bits per heavy atom. The summed E-state index contributed by atoms with van der Waals surface area (Å²) < 4.78 is 16.0. The van der Waals surface area contributed by atoms with Gasteiger partial charge in [-0.25, -0.2) is 4.39 Å². The van der Waals surface area contributed by atoms with E-state index in [0.717, 1.165) is 41.1 Å². The van der Waals surface area contributed by atoms with Gasteiger partial charge in [0.25, 0.3) is 5.56 Å². The van der Waals surface area contributed by atoms with Gasteiger partial charge in [0.15, 0.2) is 0 Å². The van der Waals surface area contributed by atoms with Crippen LogP contribution in [0.15, 0.2) is 23.1 Å². The predicted molar refractivity (Wildman–Crippen MR) is 90.1 cm³/mol. The van der Waals surface area contributed by atoms with Crippen LogP contribution in [0.2, 0.25) is 0 Å². The molecule has 1 aliphatic heterocycles. The maximum Gasteiger partial charge on any atom is 1.00 e. The summed E-state index contributed by atoms with van der Waals surface area (Å²) >= 11 is 0. The van der Waals surface area contributed by atoms with Crippen LogP contribution in [0.4, 0.5) is 4.39 Å². The van der Waals surface area contributed by atoms with Crippen LogP contribution in [0.3, 0.4) is 0 Å². The minimum atomic E-state index is -1.52. The van der Waals surface area contributed by atoms with Crippen molar-refractivity contribution in [2.45, 2.75) is 32.1 Å². The molecule has 3 heterocycles. The molecule has 0 saturated heterocycles. The van der Waals surface area contributed by atoms with Crippen LogP contribution in [0.5, 0.6) is 0 Å². The topological polar surface area (TPSA) is 73.6 Å². The summed E-state index contributed by atoms with van der Waals surface area (Å²) in [6, 6.07) is 1.43. The van der Waals surface area contributed by atoms with E-state index in [1.807, 2.05) is 6.08 Å². The molecule has 5 nitrogen and oxygen atoms in total. The van der Waals surface area contributed by atoms with Crippen molar-refractivity contribution in [2.24, 2.45) is 0 Å². The third kappa shape index (κ3) is 3.36. The number of aromatic nitrogens is 1. The second-order valence-corrected chi connectivity index (χ2v) is 6.76. The average molecular weight is 380 g/mol. The van der Waals surface area contributed by atoms with E-state index in [4.69, 9.17) is 0 Å². The molecule has 2 aromatic heterocycles. The van der Waals surface area contributed by atoms with Crippen molar-refractivity contribution >= 4 is 17.1 Å².